The van der Waals surface area contributed by atoms with E-state index in [4.69, 9.17) is 5.11 Å². The number of non-ortho nitro benzene ring substituents is 1. The highest BCUT2D eigenvalue weighted by Gasteiger charge is 2.33. The zero-order valence-corrected chi connectivity index (χ0v) is 10.2. The summed E-state index contributed by atoms with van der Waals surface area (Å²) in [4.78, 5) is 34.0. The summed E-state index contributed by atoms with van der Waals surface area (Å²) in [7, 11) is 0. The fraction of sp³-hybridized carbons (Fsp3) is 0.333. The molecule has 1 heterocycles. The Kier molecular flexibility index (Phi) is 3.20. The van der Waals surface area contributed by atoms with Gasteiger partial charge in [-0.3, -0.25) is 14.9 Å². The summed E-state index contributed by atoms with van der Waals surface area (Å²) in [5.74, 6) is -1.43. The highest BCUT2D eigenvalue weighted by atomic mass is 16.6. The van der Waals surface area contributed by atoms with E-state index in [1.807, 2.05) is 0 Å². The van der Waals surface area contributed by atoms with Gasteiger partial charge in [0.25, 0.3) is 5.69 Å². The molecule has 0 spiro atoms. The molecule has 0 aliphatic carbocycles. The normalized spacial score (nSPS) is 17.7. The number of hydrogen-bond donors (Lipinski definition) is 1. The molecule has 0 fully saturated rings. The maximum absolute atomic E-state index is 11.5. The highest BCUT2D eigenvalue weighted by molar-refractivity contribution is 5.83. The molecule has 1 atom stereocenters. The number of nitro benzene ring substituents is 1. The first-order valence-corrected chi connectivity index (χ1v) is 5.66. The number of nitrogens with zero attached hydrogens (tertiary/aromatic N) is 2. The number of carboxylic acid groups (broad SMARTS) is 1. The van der Waals surface area contributed by atoms with Crippen molar-refractivity contribution in [3.8, 4) is 0 Å². The lowest BCUT2D eigenvalue weighted by Crippen LogP contribution is -2.47. The third-order valence-electron chi connectivity index (χ3n) is 3.22. The van der Waals surface area contributed by atoms with E-state index in [0.717, 1.165) is 5.56 Å². The molecule has 0 saturated carbocycles. The first-order valence-electron chi connectivity index (χ1n) is 5.66. The molecule has 1 aromatic carbocycles. The second-order valence-corrected chi connectivity index (χ2v) is 4.42. The first kappa shape index (κ1) is 13.0. The van der Waals surface area contributed by atoms with E-state index in [1.54, 1.807) is 6.07 Å². The van der Waals surface area contributed by atoms with Crippen molar-refractivity contribution < 1.29 is 19.6 Å². The molecular formula is C12H12N2O5. The molecule has 1 aliphatic rings. The zero-order valence-electron chi connectivity index (χ0n) is 10.2. The van der Waals surface area contributed by atoms with Gasteiger partial charge in [0.05, 0.1) is 4.92 Å². The Bertz CT molecular complexity index is 569. The number of benzene rings is 1. The number of aliphatic carboxylic acids is 1. The average Bonchev–Trinajstić information content (AvgIpc) is 2.36. The summed E-state index contributed by atoms with van der Waals surface area (Å²) >= 11 is 0. The van der Waals surface area contributed by atoms with Gasteiger partial charge in [0.1, 0.15) is 6.04 Å². The van der Waals surface area contributed by atoms with Crippen LogP contribution >= 0.6 is 0 Å². The number of nitro groups is 1. The fourth-order valence-corrected chi connectivity index (χ4v) is 2.24. The van der Waals surface area contributed by atoms with E-state index in [-0.39, 0.29) is 24.6 Å². The Morgan fingerprint density at radius 3 is 2.63 bits per heavy atom. The van der Waals surface area contributed by atoms with E-state index in [9.17, 15) is 19.7 Å². The summed E-state index contributed by atoms with van der Waals surface area (Å²) in [6.45, 7) is 1.38. The van der Waals surface area contributed by atoms with Crippen molar-refractivity contribution in [3.63, 3.8) is 0 Å². The predicted octanol–water partition coefficient (Wildman–Crippen LogP) is 0.953. The summed E-state index contributed by atoms with van der Waals surface area (Å²) in [6, 6.07) is 3.39. The van der Waals surface area contributed by atoms with Gasteiger partial charge in [-0.25, -0.2) is 4.79 Å². The summed E-state index contributed by atoms with van der Waals surface area (Å²) in [5.41, 5.74) is 1.30. The van der Waals surface area contributed by atoms with Crippen LogP contribution < -0.4 is 0 Å². The minimum atomic E-state index is -1.07. The molecule has 2 rings (SSSR count). The molecule has 7 nitrogen and oxygen atoms in total. The fourth-order valence-electron chi connectivity index (χ4n) is 2.24. The molecule has 0 bridgehead atoms. The van der Waals surface area contributed by atoms with E-state index in [1.165, 1.54) is 24.0 Å². The molecular weight excluding hydrogens is 252 g/mol. The quantitative estimate of drug-likeness (QED) is 0.633. The number of carbonyl (C=O) groups is 2. The minimum absolute atomic E-state index is 0.0592. The number of hydrogen-bond acceptors (Lipinski definition) is 4. The van der Waals surface area contributed by atoms with Crippen LogP contribution in [0.25, 0.3) is 0 Å². The molecule has 100 valence electrons. The van der Waals surface area contributed by atoms with Crippen LogP contribution in [0.3, 0.4) is 0 Å². The van der Waals surface area contributed by atoms with E-state index >= 15 is 0 Å². The van der Waals surface area contributed by atoms with Gasteiger partial charge in [-0.2, -0.15) is 0 Å². The van der Waals surface area contributed by atoms with Crippen LogP contribution in [0, 0.1) is 10.1 Å². The molecule has 19 heavy (non-hydrogen) atoms. The molecule has 1 amide bonds. The molecule has 1 N–H and O–H groups in total. The monoisotopic (exact) mass is 264 g/mol. The van der Waals surface area contributed by atoms with Crippen LogP contribution in [0.5, 0.6) is 0 Å². The van der Waals surface area contributed by atoms with Crippen molar-refractivity contribution in [1.82, 2.24) is 4.90 Å². The van der Waals surface area contributed by atoms with Gasteiger partial charge in [-0.1, -0.05) is 6.07 Å². The van der Waals surface area contributed by atoms with E-state index < -0.39 is 16.9 Å². The Morgan fingerprint density at radius 2 is 2.11 bits per heavy atom. The Labute approximate surface area is 108 Å². The van der Waals surface area contributed by atoms with Gasteiger partial charge in [0.2, 0.25) is 5.91 Å². The maximum atomic E-state index is 11.5. The summed E-state index contributed by atoms with van der Waals surface area (Å²) in [6.07, 6.45) is 0.169. The summed E-state index contributed by atoms with van der Waals surface area (Å²) < 4.78 is 0. The first-order chi connectivity index (χ1) is 8.90. The lowest BCUT2D eigenvalue weighted by atomic mass is 9.93. The van der Waals surface area contributed by atoms with Gasteiger partial charge in [-0.05, 0) is 11.1 Å². The van der Waals surface area contributed by atoms with Crippen LogP contribution in [0.2, 0.25) is 0 Å². The van der Waals surface area contributed by atoms with Crippen LogP contribution in [-0.2, 0) is 22.6 Å². The van der Waals surface area contributed by atoms with Crippen LogP contribution in [-0.4, -0.2) is 32.8 Å². The third-order valence-corrected chi connectivity index (χ3v) is 3.22. The van der Waals surface area contributed by atoms with Crippen molar-refractivity contribution in [1.29, 1.82) is 0 Å². The largest absolute Gasteiger partial charge is 0.480 e. The average molecular weight is 264 g/mol. The number of rotatable bonds is 2. The predicted molar refractivity (Wildman–Crippen MR) is 64.4 cm³/mol. The smallest absolute Gasteiger partial charge is 0.326 e. The lowest BCUT2D eigenvalue weighted by molar-refractivity contribution is -0.385. The van der Waals surface area contributed by atoms with Gasteiger partial charge in [0.15, 0.2) is 0 Å². The van der Waals surface area contributed by atoms with Crippen LogP contribution in [0.1, 0.15) is 18.1 Å². The molecule has 1 unspecified atom stereocenters. The van der Waals surface area contributed by atoms with Crippen molar-refractivity contribution in [2.45, 2.75) is 25.9 Å². The Morgan fingerprint density at radius 1 is 1.42 bits per heavy atom. The van der Waals surface area contributed by atoms with E-state index in [0.29, 0.717) is 5.56 Å². The summed E-state index contributed by atoms with van der Waals surface area (Å²) in [5, 5.41) is 19.8. The Balaban J connectivity index is 2.41. The minimum Gasteiger partial charge on any atom is -0.480 e. The molecule has 0 radical (unpaired) electrons. The SMILES string of the molecule is CC(=O)N1Cc2cc([N+](=O)[O-])ccc2CC1C(=O)O. The number of amides is 1. The molecule has 7 heteroatoms. The second kappa shape index (κ2) is 4.68. The van der Waals surface area contributed by atoms with Crippen LogP contribution in [0.15, 0.2) is 18.2 Å². The van der Waals surface area contributed by atoms with Crippen molar-refractivity contribution in [2.24, 2.45) is 0 Å². The van der Waals surface area contributed by atoms with Crippen molar-refractivity contribution in [2.75, 3.05) is 0 Å². The number of fused-ring (bicyclic) bond motifs is 1. The van der Waals surface area contributed by atoms with Gasteiger partial charge >= 0.3 is 5.97 Å². The standard InChI is InChI=1S/C12H12N2O5/c1-7(15)13-6-9-4-10(14(18)19)3-2-8(9)5-11(13)12(16)17/h2-4,11H,5-6H2,1H3,(H,16,17). The second-order valence-electron chi connectivity index (χ2n) is 4.42. The van der Waals surface area contributed by atoms with Crippen LogP contribution in [0.4, 0.5) is 5.69 Å². The van der Waals surface area contributed by atoms with Crippen molar-refractivity contribution >= 4 is 17.6 Å². The lowest BCUT2D eigenvalue weighted by Gasteiger charge is -2.33. The number of carboxylic acids is 1. The third kappa shape index (κ3) is 2.40. The number of carbonyl (C=O) groups excluding carboxylic acids is 1. The molecule has 0 saturated heterocycles. The van der Waals surface area contributed by atoms with Gasteiger partial charge < -0.3 is 10.0 Å². The molecule has 0 aromatic heterocycles. The Hall–Kier alpha value is -2.44. The topological polar surface area (TPSA) is 101 Å². The molecule has 1 aliphatic heterocycles. The van der Waals surface area contributed by atoms with Gasteiger partial charge in [-0.15, -0.1) is 0 Å². The zero-order chi connectivity index (χ0) is 14.2. The van der Waals surface area contributed by atoms with Crippen molar-refractivity contribution in [3.05, 3.63) is 39.4 Å². The maximum Gasteiger partial charge on any atom is 0.326 e. The van der Waals surface area contributed by atoms with E-state index in [2.05, 4.69) is 0 Å². The molecule has 1 aromatic rings. The highest BCUT2D eigenvalue weighted by Crippen LogP contribution is 2.27. The van der Waals surface area contributed by atoms with Gasteiger partial charge in [0, 0.05) is 32.0 Å².